The van der Waals surface area contributed by atoms with Gasteiger partial charge >= 0.3 is 0 Å². The van der Waals surface area contributed by atoms with E-state index >= 15 is 0 Å². The zero-order valence-electron chi connectivity index (χ0n) is 11.0. The molecule has 2 aliphatic rings. The summed E-state index contributed by atoms with van der Waals surface area (Å²) in [5.74, 6) is 0.526. The Labute approximate surface area is 135 Å². The van der Waals surface area contributed by atoms with Crippen molar-refractivity contribution in [3.8, 4) is 0 Å². The Bertz CT molecular complexity index is 449. The molecule has 1 amide bonds. The van der Waals surface area contributed by atoms with Gasteiger partial charge in [0.05, 0.1) is 5.56 Å². The fraction of sp³-hybridized carbons (Fsp3) is 0.615. The van der Waals surface area contributed by atoms with E-state index in [4.69, 9.17) is 10.5 Å². The minimum Gasteiger partial charge on any atom is -0.381 e. The molecule has 0 bridgehead atoms. The highest BCUT2D eigenvalue weighted by Crippen LogP contribution is 2.41. The van der Waals surface area contributed by atoms with E-state index in [1.807, 2.05) is 11.4 Å². The predicted octanol–water partition coefficient (Wildman–Crippen LogP) is 2.32. The van der Waals surface area contributed by atoms with Gasteiger partial charge < -0.3 is 15.8 Å². The Morgan fingerprint density at radius 3 is 2.60 bits per heavy atom. The van der Waals surface area contributed by atoms with E-state index in [0.717, 1.165) is 38.0 Å². The second kappa shape index (κ2) is 7.61. The maximum atomic E-state index is 12.1. The Hall–Kier alpha value is -0.330. The first-order valence-electron chi connectivity index (χ1n) is 6.46. The summed E-state index contributed by atoms with van der Waals surface area (Å²) >= 11 is 1.65. The Balaban J connectivity index is 0.000001000. The third kappa shape index (κ3) is 4.09. The number of hydrogen-bond acceptors (Lipinski definition) is 4. The summed E-state index contributed by atoms with van der Waals surface area (Å²) in [6.45, 7) is 1.49. The van der Waals surface area contributed by atoms with Crippen LogP contribution in [0.25, 0.3) is 0 Å². The zero-order chi connectivity index (χ0) is 12.5. The van der Waals surface area contributed by atoms with Crippen molar-refractivity contribution in [1.29, 1.82) is 0 Å². The first kappa shape index (κ1) is 17.7. The maximum Gasteiger partial charge on any atom is 0.252 e. The fourth-order valence-electron chi connectivity index (χ4n) is 2.32. The van der Waals surface area contributed by atoms with Gasteiger partial charge in [0, 0.05) is 41.5 Å². The molecule has 2 unspecified atom stereocenters. The molecule has 3 N–H and O–H groups in total. The maximum absolute atomic E-state index is 12.1. The highest BCUT2D eigenvalue weighted by Gasteiger charge is 2.36. The van der Waals surface area contributed by atoms with E-state index in [0.29, 0.717) is 12.0 Å². The normalized spacial score (nSPS) is 25.2. The number of amides is 1. The highest BCUT2D eigenvalue weighted by atomic mass is 35.5. The van der Waals surface area contributed by atoms with E-state index in [9.17, 15) is 4.79 Å². The summed E-state index contributed by atoms with van der Waals surface area (Å²) in [6, 6.07) is 2.56. The number of halogens is 2. The molecule has 2 heterocycles. The third-order valence-corrected chi connectivity index (χ3v) is 4.71. The number of nitrogens with two attached hydrogens (primary N) is 1. The van der Waals surface area contributed by atoms with Gasteiger partial charge in [0.2, 0.25) is 0 Å². The molecule has 20 heavy (non-hydrogen) atoms. The van der Waals surface area contributed by atoms with Crippen molar-refractivity contribution < 1.29 is 9.53 Å². The topological polar surface area (TPSA) is 64.4 Å². The lowest BCUT2D eigenvalue weighted by Gasteiger charge is -2.22. The summed E-state index contributed by atoms with van der Waals surface area (Å²) < 4.78 is 5.28. The predicted molar refractivity (Wildman–Crippen MR) is 85.5 cm³/mol. The molecule has 114 valence electrons. The van der Waals surface area contributed by atoms with Crippen molar-refractivity contribution in [2.75, 3.05) is 13.2 Å². The quantitative estimate of drug-likeness (QED) is 0.888. The molecule has 0 radical (unpaired) electrons. The third-order valence-electron chi connectivity index (χ3n) is 3.64. The summed E-state index contributed by atoms with van der Waals surface area (Å²) in [7, 11) is 0. The van der Waals surface area contributed by atoms with Crippen LogP contribution < -0.4 is 11.1 Å². The van der Waals surface area contributed by atoms with Crippen LogP contribution in [0.15, 0.2) is 11.4 Å². The van der Waals surface area contributed by atoms with Crippen LogP contribution in [0.1, 0.15) is 40.4 Å². The second-order valence-electron chi connectivity index (χ2n) is 5.10. The molecule has 3 rings (SSSR count). The van der Waals surface area contributed by atoms with Gasteiger partial charge in [-0.05, 0) is 25.3 Å². The Kier molecular flexibility index (Phi) is 6.75. The summed E-state index contributed by atoms with van der Waals surface area (Å²) in [5, 5.41) is 5.02. The van der Waals surface area contributed by atoms with Gasteiger partial charge in [0.15, 0.2) is 0 Å². The fourth-order valence-corrected chi connectivity index (χ4v) is 3.40. The molecule has 1 saturated carbocycles. The van der Waals surface area contributed by atoms with Gasteiger partial charge in [-0.2, -0.15) is 0 Å². The van der Waals surface area contributed by atoms with Crippen LogP contribution >= 0.6 is 36.2 Å². The minimum atomic E-state index is 0. The summed E-state index contributed by atoms with van der Waals surface area (Å²) in [6.07, 6.45) is 2.88. The smallest absolute Gasteiger partial charge is 0.252 e. The lowest BCUT2D eigenvalue weighted by molar-refractivity contribution is 0.0696. The lowest BCUT2D eigenvalue weighted by Crippen LogP contribution is -2.38. The van der Waals surface area contributed by atoms with Crippen molar-refractivity contribution in [3.05, 3.63) is 21.9 Å². The number of carbonyl (C=O) groups is 1. The molecule has 1 aliphatic carbocycles. The zero-order valence-corrected chi connectivity index (χ0v) is 13.5. The van der Waals surface area contributed by atoms with E-state index in [2.05, 4.69) is 5.32 Å². The van der Waals surface area contributed by atoms with Gasteiger partial charge in [-0.1, -0.05) is 0 Å². The van der Waals surface area contributed by atoms with Crippen molar-refractivity contribution in [2.45, 2.75) is 37.3 Å². The molecule has 1 saturated heterocycles. The van der Waals surface area contributed by atoms with E-state index in [-0.39, 0.29) is 36.8 Å². The first-order valence-corrected chi connectivity index (χ1v) is 7.34. The van der Waals surface area contributed by atoms with Crippen molar-refractivity contribution >= 4 is 42.1 Å². The van der Waals surface area contributed by atoms with E-state index in [1.54, 1.807) is 11.3 Å². The van der Waals surface area contributed by atoms with E-state index < -0.39 is 0 Å². The molecular formula is C13H20Cl2N2O2S. The lowest BCUT2D eigenvalue weighted by atomic mass is 10.1. The standard InChI is InChI=1S/C13H18N2O2S.2ClH/c14-11-6-10(11)12-5-8(7-18-12)13(16)15-9-1-3-17-4-2-9;;/h5,7,9-11H,1-4,6,14H2,(H,15,16);2*1H. The highest BCUT2D eigenvalue weighted by molar-refractivity contribution is 7.10. The van der Waals surface area contributed by atoms with Crippen molar-refractivity contribution in [2.24, 2.45) is 5.73 Å². The number of hydrogen-bond donors (Lipinski definition) is 2. The van der Waals surface area contributed by atoms with Crippen LogP contribution in [0.4, 0.5) is 0 Å². The molecule has 1 aromatic rings. The largest absolute Gasteiger partial charge is 0.381 e. The molecule has 0 spiro atoms. The van der Waals surface area contributed by atoms with Crippen LogP contribution in [-0.2, 0) is 4.74 Å². The molecule has 2 fully saturated rings. The number of ether oxygens (including phenoxy) is 1. The molecule has 1 aliphatic heterocycles. The molecular weight excluding hydrogens is 319 g/mol. The monoisotopic (exact) mass is 338 g/mol. The minimum absolute atomic E-state index is 0. The van der Waals surface area contributed by atoms with Crippen LogP contribution in [0.5, 0.6) is 0 Å². The summed E-state index contributed by atoms with van der Waals surface area (Å²) in [4.78, 5) is 13.3. The van der Waals surface area contributed by atoms with Gasteiger partial charge in [0.25, 0.3) is 5.91 Å². The molecule has 4 nitrogen and oxygen atoms in total. The number of carbonyl (C=O) groups excluding carboxylic acids is 1. The van der Waals surface area contributed by atoms with Crippen molar-refractivity contribution in [1.82, 2.24) is 5.32 Å². The molecule has 1 aromatic heterocycles. The number of rotatable bonds is 3. The van der Waals surface area contributed by atoms with Crippen LogP contribution in [0, 0.1) is 0 Å². The number of nitrogens with one attached hydrogen (secondary N) is 1. The van der Waals surface area contributed by atoms with Gasteiger partial charge in [-0.3, -0.25) is 4.79 Å². The molecule has 7 heteroatoms. The Morgan fingerprint density at radius 2 is 2.00 bits per heavy atom. The SMILES string of the molecule is Cl.Cl.NC1CC1c1cc(C(=O)NC2CCOCC2)cs1. The number of thiophene rings is 1. The van der Waals surface area contributed by atoms with Crippen molar-refractivity contribution in [3.63, 3.8) is 0 Å². The summed E-state index contributed by atoms with van der Waals surface area (Å²) in [5.41, 5.74) is 6.60. The molecule has 2 atom stereocenters. The average Bonchev–Trinajstić information content (AvgIpc) is 2.93. The van der Waals surface area contributed by atoms with Gasteiger partial charge in [0.1, 0.15) is 0 Å². The molecule has 0 aromatic carbocycles. The average molecular weight is 339 g/mol. The van der Waals surface area contributed by atoms with Crippen LogP contribution in [0.2, 0.25) is 0 Å². The van der Waals surface area contributed by atoms with Gasteiger partial charge in [-0.15, -0.1) is 36.2 Å². The van der Waals surface area contributed by atoms with Crippen LogP contribution in [0.3, 0.4) is 0 Å². The van der Waals surface area contributed by atoms with Crippen LogP contribution in [-0.4, -0.2) is 31.2 Å². The second-order valence-corrected chi connectivity index (χ2v) is 6.05. The Morgan fingerprint density at radius 1 is 1.35 bits per heavy atom. The van der Waals surface area contributed by atoms with E-state index in [1.165, 1.54) is 4.88 Å². The first-order chi connectivity index (χ1) is 8.74. The van der Waals surface area contributed by atoms with Gasteiger partial charge in [-0.25, -0.2) is 0 Å².